The van der Waals surface area contributed by atoms with Gasteiger partial charge in [-0.25, -0.2) is 0 Å². The molecule has 0 fully saturated rings. The van der Waals surface area contributed by atoms with Gasteiger partial charge in [-0.1, -0.05) is 114 Å². The van der Waals surface area contributed by atoms with Crippen LogP contribution in [0.1, 0.15) is 128 Å². The van der Waals surface area contributed by atoms with Crippen molar-refractivity contribution in [2.24, 2.45) is 0 Å². The molecule has 0 aromatic heterocycles. The molecule has 0 radical (unpaired) electrons. The van der Waals surface area contributed by atoms with E-state index in [0.717, 1.165) is 18.4 Å². The molecule has 0 saturated heterocycles. The number of phenols is 1. The highest BCUT2D eigenvalue weighted by Crippen LogP contribution is 2.13. The van der Waals surface area contributed by atoms with Gasteiger partial charge in [-0.15, -0.1) is 0 Å². The quantitative estimate of drug-likeness (QED) is 0.104. The first-order valence-electron chi connectivity index (χ1n) is 14.0. The van der Waals surface area contributed by atoms with Gasteiger partial charge in [0.1, 0.15) is 12.4 Å². The number of benzene rings is 1. The Bertz CT molecular complexity index is 645. The number of esters is 1. The molecule has 0 aliphatic carbocycles. The maximum Gasteiger partial charge on any atom is 0.306 e. The van der Waals surface area contributed by atoms with Crippen LogP contribution < -0.4 is 0 Å². The number of rotatable bonds is 22. The van der Waals surface area contributed by atoms with Gasteiger partial charge in [0.25, 0.3) is 0 Å². The Morgan fingerprint density at radius 2 is 1.21 bits per heavy atom. The smallest absolute Gasteiger partial charge is 0.306 e. The van der Waals surface area contributed by atoms with Crippen molar-refractivity contribution in [2.45, 2.75) is 122 Å². The summed E-state index contributed by atoms with van der Waals surface area (Å²) in [5.41, 5.74) is 0.976. The minimum absolute atomic E-state index is 0.114. The summed E-state index contributed by atoms with van der Waals surface area (Å²) in [5.74, 6) is 0.136. The number of aromatic hydroxyl groups is 1. The monoisotopic (exact) mass is 470 g/mol. The van der Waals surface area contributed by atoms with Crippen LogP contribution in [0.25, 0.3) is 6.08 Å². The Hall–Kier alpha value is -2.03. The van der Waals surface area contributed by atoms with Crippen molar-refractivity contribution < 1.29 is 14.6 Å². The van der Waals surface area contributed by atoms with Gasteiger partial charge in [0.05, 0.1) is 0 Å². The predicted octanol–water partition coefficient (Wildman–Crippen LogP) is 9.55. The summed E-state index contributed by atoms with van der Waals surface area (Å²) in [4.78, 5) is 11.8. The molecule has 1 aromatic rings. The Morgan fingerprint density at radius 1 is 0.706 bits per heavy atom. The van der Waals surface area contributed by atoms with E-state index < -0.39 is 0 Å². The first-order valence-corrected chi connectivity index (χ1v) is 14.0. The molecule has 0 aliphatic heterocycles. The molecular formula is C31H50O3. The molecule has 0 spiro atoms. The highest BCUT2D eigenvalue weighted by atomic mass is 16.5. The predicted molar refractivity (Wildman–Crippen MR) is 146 cm³/mol. The second kappa shape index (κ2) is 22.7. The molecule has 0 aliphatic rings. The molecule has 0 atom stereocenters. The summed E-state index contributed by atoms with van der Waals surface area (Å²) in [6, 6.07) is 6.93. The number of carbonyl (C=O) groups is 1. The first-order chi connectivity index (χ1) is 16.7. The van der Waals surface area contributed by atoms with E-state index in [4.69, 9.17) is 4.74 Å². The van der Waals surface area contributed by atoms with Crippen LogP contribution >= 0.6 is 0 Å². The van der Waals surface area contributed by atoms with Crippen molar-refractivity contribution in [1.29, 1.82) is 0 Å². The summed E-state index contributed by atoms with van der Waals surface area (Å²) in [7, 11) is 0. The van der Waals surface area contributed by atoms with Gasteiger partial charge in [-0.2, -0.15) is 0 Å². The molecular weight excluding hydrogens is 420 g/mol. The molecule has 0 amide bonds. The van der Waals surface area contributed by atoms with E-state index >= 15 is 0 Å². The third kappa shape index (κ3) is 19.4. The lowest BCUT2D eigenvalue weighted by atomic mass is 10.1. The fraction of sp³-hybridized carbons (Fsp3) is 0.645. The van der Waals surface area contributed by atoms with Gasteiger partial charge in [0, 0.05) is 6.42 Å². The van der Waals surface area contributed by atoms with Crippen LogP contribution in [0, 0.1) is 0 Å². The molecule has 192 valence electrons. The number of unbranched alkanes of at least 4 members (excludes halogenated alkanes) is 15. The molecule has 3 nitrogen and oxygen atoms in total. The average molecular weight is 471 g/mol. The highest BCUT2D eigenvalue weighted by molar-refractivity contribution is 5.69. The van der Waals surface area contributed by atoms with Crippen molar-refractivity contribution >= 4 is 12.0 Å². The van der Waals surface area contributed by atoms with Gasteiger partial charge < -0.3 is 9.84 Å². The van der Waals surface area contributed by atoms with Crippen LogP contribution in [0.2, 0.25) is 0 Å². The summed E-state index contributed by atoms with van der Waals surface area (Å²) in [6.45, 7) is 2.57. The van der Waals surface area contributed by atoms with Crippen molar-refractivity contribution in [1.82, 2.24) is 0 Å². The summed E-state index contributed by atoms with van der Waals surface area (Å²) < 4.78 is 5.24. The molecule has 0 heterocycles. The van der Waals surface area contributed by atoms with Gasteiger partial charge in [-0.3, -0.25) is 4.79 Å². The van der Waals surface area contributed by atoms with E-state index in [2.05, 4.69) is 19.1 Å². The second-order valence-corrected chi connectivity index (χ2v) is 9.43. The number of hydrogen-bond donors (Lipinski definition) is 1. The van der Waals surface area contributed by atoms with Crippen LogP contribution in [0.3, 0.4) is 0 Å². The molecule has 0 bridgehead atoms. The van der Waals surface area contributed by atoms with E-state index in [0.29, 0.717) is 13.0 Å². The second-order valence-electron chi connectivity index (χ2n) is 9.43. The third-order valence-electron chi connectivity index (χ3n) is 6.19. The summed E-state index contributed by atoms with van der Waals surface area (Å²) >= 11 is 0. The number of ether oxygens (including phenoxy) is 1. The standard InChI is InChI=1S/C31H50O3/c1-2-3-4-5-6-7-8-9-10-11-12-13-14-15-16-17-18-19-20-23-31(33)34-28-21-22-29-24-26-30(32)27-25-29/h9-10,21-22,24-27,32H,2-8,11-20,23,28H2,1H3/b10-9-,22-21+. The lowest BCUT2D eigenvalue weighted by Crippen LogP contribution is -2.03. The maximum absolute atomic E-state index is 11.8. The number of hydrogen-bond acceptors (Lipinski definition) is 3. The van der Waals surface area contributed by atoms with Gasteiger partial charge in [-0.05, 0) is 55.9 Å². The zero-order valence-corrected chi connectivity index (χ0v) is 21.8. The Balaban J connectivity index is 1.79. The molecule has 1 N–H and O–H groups in total. The van der Waals surface area contributed by atoms with Crippen molar-refractivity contribution in [3.63, 3.8) is 0 Å². The molecule has 0 saturated carbocycles. The van der Waals surface area contributed by atoms with Crippen LogP contribution in [-0.2, 0) is 9.53 Å². The topological polar surface area (TPSA) is 46.5 Å². The van der Waals surface area contributed by atoms with Gasteiger partial charge >= 0.3 is 5.97 Å². The average Bonchev–Trinajstić information content (AvgIpc) is 2.84. The van der Waals surface area contributed by atoms with Crippen molar-refractivity contribution in [3.05, 3.63) is 48.1 Å². The summed E-state index contributed by atoms with van der Waals surface area (Å²) in [6.07, 6.45) is 31.1. The molecule has 1 rings (SSSR count). The van der Waals surface area contributed by atoms with E-state index in [-0.39, 0.29) is 11.7 Å². The largest absolute Gasteiger partial charge is 0.508 e. The Labute approximate surface area is 209 Å². The molecule has 1 aromatic carbocycles. The fourth-order valence-corrected chi connectivity index (χ4v) is 4.03. The number of allylic oxidation sites excluding steroid dienone is 2. The van der Waals surface area contributed by atoms with E-state index in [1.165, 1.54) is 96.3 Å². The molecule has 0 unspecified atom stereocenters. The van der Waals surface area contributed by atoms with Crippen LogP contribution in [0.4, 0.5) is 0 Å². The minimum atomic E-state index is -0.114. The highest BCUT2D eigenvalue weighted by Gasteiger charge is 2.01. The van der Waals surface area contributed by atoms with Crippen molar-refractivity contribution in [3.8, 4) is 5.75 Å². The Morgan fingerprint density at radius 3 is 1.76 bits per heavy atom. The minimum Gasteiger partial charge on any atom is -0.508 e. The maximum atomic E-state index is 11.8. The fourth-order valence-electron chi connectivity index (χ4n) is 4.03. The SMILES string of the molecule is CCCCCCCC/C=C\CCCCCCCCCCCC(=O)OC/C=C/c1ccc(O)cc1. The number of phenolic OH excluding ortho intramolecular Hbond substituents is 1. The molecule has 3 heteroatoms. The van der Waals surface area contributed by atoms with Crippen LogP contribution in [-0.4, -0.2) is 17.7 Å². The lowest BCUT2D eigenvalue weighted by molar-refractivity contribution is -0.142. The zero-order valence-electron chi connectivity index (χ0n) is 21.8. The van der Waals surface area contributed by atoms with Gasteiger partial charge in [0.2, 0.25) is 0 Å². The van der Waals surface area contributed by atoms with Crippen LogP contribution in [0.5, 0.6) is 5.75 Å². The van der Waals surface area contributed by atoms with E-state index in [1.54, 1.807) is 12.1 Å². The number of carbonyl (C=O) groups excluding carboxylic acids is 1. The normalized spacial score (nSPS) is 11.6. The first kappa shape index (κ1) is 30.0. The lowest BCUT2D eigenvalue weighted by Gasteiger charge is -2.03. The van der Waals surface area contributed by atoms with Crippen LogP contribution in [0.15, 0.2) is 42.5 Å². The Kier molecular flexibility index (Phi) is 20.1. The molecule has 34 heavy (non-hydrogen) atoms. The van der Waals surface area contributed by atoms with E-state index in [1.807, 2.05) is 24.3 Å². The third-order valence-corrected chi connectivity index (χ3v) is 6.19. The van der Waals surface area contributed by atoms with Crippen molar-refractivity contribution in [2.75, 3.05) is 6.61 Å². The van der Waals surface area contributed by atoms with E-state index in [9.17, 15) is 9.90 Å². The summed E-state index contributed by atoms with van der Waals surface area (Å²) in [5, 5.41) is 9.26. The van der Waals surface area contributed by atoms with Gasteiger partial charge in [0.15, 0.2) is 0 Å². The zero-order chi connectivity index (χ0) is 24.5.